The monoisotopic (exact) mass is 549 g/mol. The molecule has 2 saturated carbocycles. The lowest BCUT2D eigenvalue weighted by molar-refractivity contribution is -0.0464. The Morgan fingerprint density at radius 3 is 2.50 bits per heavy atom. The zero-order valence-corrected chi connectivity index (χ0v) is 22.7. The van der Waals surface area contributed by atoms with Crippen LogP contribution < -0.4 is 5.73 Å². The van der Waals surface area contributed by atoms with Crippen LogP contribution in [0.4, 0.5) is 13.2 Å². The van der Waals surface area contributed by atoms with E-state index in [1.165, 1.54) is 0 Å². The molecule has 2 fully saturated rings. The van der Waals surface area contributed by atoms with E-state index in [2.05, 4.69) is 15.1 Å². The van der Waals surface area contributed by atoms with Gasteiger partial charge in [-0.2, -0.15) is 5.10 Å². The summed E-state index contributed by atoms with van der Waals surface area (Å²) in [5.41, 5.74) is 6.36. The molecule has 3 N–H and O–H groups in total. The minimum Gasteiger partial charge on any atom is -0.388 e. The Balaban J connectivity index is 1.33. The number of alkyl halides is 1. The van der Waals surface area contributed by atoms with Gasteiger partial charge < -0.3 is 10.8 Å². The lowest BCUT2D eigenvalue weighted by Gasteiger charge is -2.44. The zero-order valence-electron chi connectivity index (χ0n) is 22.7. The average molecular weight is 550 g/mol. The quantitative estimate of drug-likeness (QED) is 0.319. The van der Waals surface area contributed by atoms with Crippen LogP contribution in [0, 0.1) is 17.6 Å². The SMILES string of the molecule is C[C@H]1C[C@@H](c2ccncc2Cc2ncc3ccc(-c4c(F)cc(C5(F)CCCC5)cc4F)nn23)C[C@@H](N)[C@]1(C)O. The first kappa shape index (κ1) is 26.9. The fourth-order valence-corrected chi connectivity index (χ4v) is 6.57. The Kier molecular flexibility index (Phi) is 6.70. The molecule has 2 aliphatic rings. The van der Waals surface area contributed by atoms with E-state index in [1.54, 1.807) is 42.2 Å². The fraction of sp³-hybridized carbons (Fsp3) is 0.452. The Labute approximate surface area is 231 Å². The summed E-state index contributed by atoms with van der Waals surface area (Å²) in [7, 11) is 0. The normalized spacial score (nSPS) is 26.4. The van der Waals surface area contributed by atoms with Crippen LogP contribution in [-0.4, -0.2) is 36.3 Å². The second-order valence-corrected chi connectivity index (χ2v) is 11.9. The largest absolute Gasteiger partial charge is 0.388 e. The lowest BCUT2D eigenvalue weighted by Crippen LogP contribution is -2.54. The third-order valence-corrected chi connectivity index (χ3v) is 9.32. The predicted octanol–water partition coefficient (Wildman–Crippen LogP) is 5.99. The van der Waals surface area contributed by atoms with Gasteiger partial charge in [0.1, 0.15) is 23.1 Å². The van der Waals surface area contributed by atoms with E-state index in [1.807, 2.05) is 13.0 Å². The van der Waals surface area contributed by atoms with Gasteiger partial charge in [-0.1, -0.05) is 6.92 Å². The maximum absolute atomic E-state index is 15.3. The molecule has 0 saturated heterocycles. The summed E-state index contributed by atoms with van der Waals surface area (Å²) in [4.78, 5) is 8.89. The number of nitrogens with zero attached hydrogens (tertiary/aromatic N) is 4. The van der Waals surface area contributed by atoms with Crippen molar-refractivity contribution in [2.75, 3.05) is 0 Å². The van der Waals surface area contributed by atoms with Crippen LogP contribution in [0.1, 0.15) is 80.8 Å². The highest BCUT2D eigenvalue weighted by atomic mass is 19.1. The summed E-state index contributed by atoms with van der Waals surface area (Å²) in [6.45, 7) is 3.82. The fourth-order valence-electron chi connectivity index (χ4n) is 6.57. The van der Waals surface area contributed by atoms with Crippen LogP contribution in [-0.2, 0) is 12.1 Å². The van der Waals surface area contributed by atoms with Crippen molar-refractivity contribution in [3.05, 3.63) is 83.1 Å². The van der Waals surface area contributed by atoms with Gasteiger partial charge in [-0.15, -0.1) is 0 Å². The van der Waals surface area contributed by atoms with Crippen molar-refractivity contribution >= 4 is 5.52 Å². The second-order valence-electron chi connectivity index (χ2n) is 11.9. The topological polar surface area (TPSA) is 89.3 Å². The minimum atomic E-state index is -1.69. The second kappa shape index (κ2) is 9.96. The van der Waals surface area contributed by atoms with E-state index in [9.17, 15) is 5.11 Å². The van der Waals surface area contributed by atoms with E-state index in [-0.39, 0.29) is 47.5 Å². The molecule has 6 rings (SSSR count). The van der Waals surface area contributed by atoms with Crippen molar-refractivity contribution in [1.29, 1.82) is 0 Å². The molecule has 6 nitrogen and oxygen atoms in total. The van der Waals surface area contributed by atoms with Gasteiger partial charge in [-0.05, 0) is 104 Å². The molecule has 3 aromatic heterocycles. The number of halogens is 3. The van der Waals surface area contributed by atoms with Gasteiger partial charge in [0.2, 0.25) is 0 Å². The highest BCUT2D eigenvalue weighted by molar-refractivity contribution is 5.63. The van der Waals surface area contributed by atoms with Crippen molar-refractivity contribution in [2.24, 2.45) is 11.7 Å². The lowest BCUT2D eigenvalue weighted by atomic mass is 9.67. The van der Waals surface area contributed by atoms with E-state index in [4.69, 9.17) is 5.73 Å². The van der Waals surface area contributed by atoms with Crippen molar-refractivity contribution in [3.63, 3.8) is 0 Å². The smallest absolute Gasteiger partial charge is 0.136 e. The minimum absolute atomic E-state index is 0.0240. The summed E-state index contributed by atoms with van der Waals surface area (Å²) < 4.78 is 47.3. The average Bonchev–Trinajstić information content (AvgIpc) is 3.54. The number of aromatic nitrogens is 4. The molecular formula is C31H34F3N5O. The predicted molar refractivity (Wildman–Crippen MR) is 146 cm³/mol. The van der Waals surface area contributed by atoms with Crippen LogP contribution in [0.5, 0.6) is 0 Å². The summed E-state index contributed by atoms with van der Waals surface area (Å²) in [6, 6.07) is 7.12. The first-order chi connectivity index (χ1) is 19.1. The highest BCUT2D eigenvalue weighted by Gasteiger charge is 2.42. The van der Waals surface area contributed by atoms with E-state index in [0.717, 1.165) is 29.7 Å². The van der Waals surface area contributed by atoms with Crippen LogP contribution in [0.2, 0.25) is 0 Å². The molecule has 9 heteroatoms. The number of rotatable bonds is 5. The summed E-state index contributed by atoms with van der Waals surface area (Å²) in [5.74, 6) is -0.896. The van der Waals surface area contributed by atoms with Gasteiger partial charge in [0.05, 0.1) is 28.6 Å². The molecule has 4 atom stereocenters. The standard InChI is InChI=1S/C31H34F3N5O/c1-18-11-19(12-27(35)30(18,2)40)23-7-10-36-16-20(23)13-28-37-17-22-5-6-26(38-39(22)28)29-24(32)14-21(15-25(29)33)31(34)8-3-4-9-31/h5-7,10,14-19,27,40H,3-4,8-9,11-13,35H2,1-2H3/t18-,19+,27+,30+/m0/s1. The molecule has 0 radical (unpaired) electrons. The number of imidazole rings is 1. The number of fused-ring (bicyclic) bond motifs is 1. The van der Waals surface area contributed by atoms with E-state index in [0.29, 0.717) is 37.0 Å². The Morgan fingerprint density at radius 1 is 1.07 bits per heavy atom. The van der Waals surface area contributed by atoms with Gasteiger partial charge in [-0.3, -0.25) is 4.98 Å². The van der Waals surface area contributed by atoms with Gasteiger partial charge in [0.25, 0.3) is 0 Å². The molecule has 0 bridgehead atoms. The maximum Gasteiger partial charge on any atom is 0.136 e. The number of hydrogen-bond donors (Lipinski definition) is 2. The third-order valence-electron chi connectivity index (χ3n) is 9.32. The number of benzene rings is 1. The molecule has 0 unspecified atom stereocenters. The van der Waals surface area contributed by atoms with Gasteiger partial charge in [0.15, 0.2) is 0 Å². The van der Waals surface area contributed by atoms with Crippen LogP contribution >= 0.6 is 0 Å². The molecule has 4 aromatic rings. The Morgan fingerprint density at radius 2 is 1.80 bits per heavy atom. The van der Waals surface area contributed by atoms with Crippen molar-refractivity contribution in [1.82, 2.24) is 19.6 Å². The molecule has 0 amide bonds. The number of aliphatic hydroxyl groups is 1. The van der Waals surface area contributed by atoms with Crippen LogP contribution in [0.3, 0.4) is 0 Å². The zero-order chi connectivity index (χ0) is 28.2. The van der Waals surface area contributed by atoms with Crippen LogP contribution in [0.15, 0.2) is 48.9 Å². The number of pyridine rings is 1. The first-order valence-electron chi connectivity index (χ1n) is 14.0. The highest BCUT2D eigenvalue weighted by Crippen LogP contribution is 2.44. The first-order valence-corrected chi connectivity index (χ1v) is 14.0. The summed E-state index contributed by atoms with van der Waals surface area (Å²) in [5, 5.41) is 15.3. The van der Waals surface area contributed by atoms with E-state index >= 15 is 13.2 Å². The molecule has 3 heterocycles. The number of hydrogen-bond acceptors (Lipinski definition) is 5. The molecule has 210 valence electrons. The van der Waals surface area contributed by atoms with Gasteiger partial charge in [-0.25, -0.2) is 22.7 Å². The molecule has 0 aliphatic heterocycles. The van der Waals surface area contributed by atoms with Crippen molar-refractivity contribution in [2.45, 2.75) is 82.0 Å². The van der Waals surface area contributed by atoms with Gasteiger partial charge >= 0.3 is 0 Å². The number of nitrogens with two attached hydrogens (primary N) is 1. The molecular weight excluding hydrogens is 515 g/mol. The Hall–Kier alpha value is -3.30. The Bertz CT molecular complexity index is 1520. The van der Waals surface area contributed by atoms with Crippen molar-refractivity contribution < 1.29 is 18.3 Å². The molecule has 0 spiro atoms. The molecule has 2 aliphatic carbocycles. The molecule has 40 heavy (non-hydrogen) atoms. The van der Waals surface area contributed by atoms with Crippen LogP contribution in [0.25, 0.3) is 16.8 Å². The molecule has 1 aromatic carbocycles. The summed E-state index contributed by atoms with van der Waals surface area (Å²) in [6.07, 6.45) is 9.01. The maximum atomic E-state index is 15.3. The summed E-state index contributed by atoms with van der Waals surface area (Å²) >= 11 is 0. The van der Waals surface area contributed by atoms with Crippen molar-refractivity contribution in [3.8, 4) is 11.3 Å². The van der Waals surface area contributed by atoms with E-state index < -0.39 is 22.9 Å². The third kappa shape index (κ3) is 4.59. The van der Waals surface area contributed by atoms with Gasteiger partial charge in [0, 0.05) is 24.9 Å².